The van der Waals surface area contributed by atoms with Crippen molar-refractivity contribution in [1.29, 1.82) is 0 Å². The van der Waals surface area contributed by atoms with Gasteiger partial charge in [0.1, 0.15) is 0 Å². The first-order valence-electron chi connectivity index (χ1n) is 17.9. The topological polar surface area (TPSA) is 0 Å². The quantitative estimate of drug-likeness (QED) is 0.131. The zero-order chi connectivity index (χ0) is 34.9. The van der Waals surface area contributed by atoms with Crippen molar-refractivity contribution < 1.29 is 0 Å². The average molecular weight is 727 g/mol. The molecule has 0 N–H and O–H groups in total. The summed E-state index contributed by atoms with van der Waals surface area (Å²) in [5.41, 5.74) is 0. The highest BCUT2D eigenvalue weighted by atomic mass is 31.1. The van der Waals surface area contributed by atoms with E-state index in [-0.39, 0.29) is 47.5 Å². The second-order valence-corrected chi connectivity index (χ2v) is 39.2. The molecule has 0 aromatic rings. The molecule has 0 amide bonds. The molecule has 0 aromatic heterocycles. The van der Waals surface area contributed by atoms with Gasteiger partial charge in [-0.05, 0) is 119 Å². The maximum absolute atomic E-state index is 2.56. The molecule has 0 nitrogen and oxygen atoms in total. The fourth-order valence-corrected chi connectivity index (χ4v) is 22.0. The lowest BCUT2D eigenvalue weighted by atomic mass is 10.3. The maximum atomic E-state index is 2.56. The highest BCUT2D eigenvalue weighted by molar-refractivity contribution is 7.64. The van der Waals surface area contributed by atoms with E-state index in [1.54, 1.807) is 0 Å². The van der Waals surface area contributed by atoms with Gasteiger partial charge in [0.25, 0.3) is 0 Å². The van der Waals surface area contributed by atoms with Crippen LogP contribution in [0.1, 0.15) is 137 Å². The van der Waals surface area contributed by atoms with Gasteiger partial charge >= 0.3 is 0 Å². The van der Waals surface area contributed by atoms with Gasteiger partial charge < -0.3 is 0 Å². The molecule has 0 aromatic carbocycles. The molecule has 0 aliphatic rings. The summed E-state index contributed by atoms with van der Waals surface area (Å²) in [7, 11) is 0.623. The van der Waals surface area contributed by atoms with Crippen LogP contribution in [0.2, 0.25) is 0 Å². The van der Waals surface area contributed by atoms with Crippen molar-refractivity contribution >= 4 is 47.5 Å². The molecule has 44 heavy (non-hydrogen) atoms. The molecular weight excluding hydrogens is 642 g/mol. The second-order valence-electron chi connectivity index (χ2n) is 19.5. The molecule has 6 atom stereocenters. The molecule has 0 radical (unpaired) electrons. The van der Waals surface area contributed by atoms with Gasteiger partial charge in [-0.1, -0.05) is 125 Å². The van der Waals surface area contributed by atoms with Crippen molar-refractivity contribution in [1.82, 2.24) is 0 Å². The van der Waals surface area contributed by atoms with Gasteiger partial charge in [-0.3, -0.25) is 0 Å². The van der Waals surface area contributed by atoms with Gasteiger partial charge in [0.2, 0.25) is 0 Å². The molecule has 6 unspecified atom stereocenters. The van der Waals surface area contributed by atoms with Crippen molar-refractivity contribution in [2.45, 2.75) is 168 Å². The van der Waals surface area contributed by atoms with E-state index in [0.29, 0.717) is 30.9 Å². The van der Waals surface area contributed by atoms with Gasteiger partial charge in [0.05, 0.1) is 0 Å². The Morgan fingerprint density at radius 2 is 0.432 bits per heavy atom. The van der Waals surface area contributed by atoms with Gasteiger partial charge in [0.15, 0.2) is 0 Å². The zero-order valence-electron chi connectivity index (χ0n) is 34.2. The summed E-state index contributed by atoms with van der Waals surface area (Å²) in [6.07, 6.45) is 17.9. The van der Waals surface area contributed by atoms with E-state index in [2.05, 4.69) is 138 Å². The summed E-state index contributed by atoms with van der Waals surface area (Å²) in [6, 6.07) is 0. The predicted octanol–water partition coefficient (Wildman–Crippen LogP) is 14.7. The largest absolute Gasteiger partial charge is 0.104 e. The Balaban J connectivity index is 5.30. The van der Waals surface area contributed by atoms with E-state index in [4.69, 9.17) is 0 Å². The summed E-state index contributed by atoms with van der Waals surface area (Å²) >= 11 is 0. The van der Waals surface area contributed by atoms with Crippen LogP contribution in [0.3, 0.4) is 0 Å². The zero-order valence-corrected chi connectivity index (χ0v) is 39.5. The normalized spacial score (nSPS) is 18.5. The first kappa shape index (κ1) is 46.6. The molecule has 266 valence electrons. The lowest BCUT2D eigenvalue weighted by molar-refractivity contribution is 0.763. The van der Waals surface area contributed by atoms with Crippen LogP contribution >= 0.6 is 47.5 Å². The van der Waals surface area contributed by atoms with Crippen molar-refractivity contribution in [2.24, 2.45) is 0 Å². The molecule has 0 saturated heterocycles. The minimum Gasteiger partial charge on any atom is -0.104 e. The summed E-state index contributed by atoms with van der Waals surface area (Å²) in [4.78, 5) is 0. The lowest BCUT2D eigenvalue weighted by Gasteiger charge is -2.39. The van der Waals surface area contributed by atoms with E-state index < -0.39 is 0 Å². The summed E-state index contributed by atoms with van der Waals surface area (Å²) in [6.45, 7) is 50.5. The third-order valence-electron chi connectivity index (χ3n) is 9.85. The van der Waals surface area contributed by atoms with Gasteiger partial charge in [0, 0.05) is 0 Å². The van der Waals surface area contributed by atoms with Crippen LogP contribution in [0, 0.1) is 0 Å². The Kier molecular flexibility index (Phi) is 20.4. The fraction of sp³-hybridized carbons (Fsp3) is 1.00. The van der Waals surface area contributed by atoms with E-state index in [9.17, 15) is 0 Å². The van der Waals surface area contributed by atoms with Gasteiger partial charge in [-0.15, -0.1) is 47.5 Å². The van der Waals surface area contributed by atoms with Crippen LogP contribution < -0.4 is 0 Å². The molecule has 0 bridgehead atoms. The molecule has 0 rings (SSSR count). The van der Waals surface area contributed by atoms with Crippen LogP contribution in [-0.4, -0.2) is 106 Å². The molecule has 6 heteroatoms. The van der Waals surface area contributed by atoms with E-state index in [0.717, 1.165) is 0 Å². The highest BCUT2D eigenvalue weighted by Gasteiger charge is 2.32. The Hall–Kier alpha value is 2.58. The molecule has 0 spiro atoms. The Morgan fingerprint density at radius 3 is 0.591 bits per heavy atom. The van der Waals surface area contributed by atoms with Crippen molar-refractivity contribution in [3.8, 4) is 0 Å². The Bertz CT molecular complexity index is 700. The minimum atomic E-state index is 0.0784. The first-order valence-corrected chi connectivity index (χ1v) is 28.7. The standard InChI is InChI=1S/C38H84P6/c1-33(2,3)39(19)27-29-41(35(7,8)9)23-21-25-43(37(13,14)15)31-32-44(38(16,17)18)26-22-24-42(36(10,11)12)30-28-40(20)34(4,5)6/h21-32H2,1-20H3. The molecule has 0 heterocycles. The van der Waals surface area contributed by atoms with Gasteiger partial charge in [-0.25, -0.2) is 0 Å². The minimum absolute atomic E-state index is 0.0784. The van der Waals surface area contributed by atoms with E-state index in [1.807, 2.05) is 0 Å². The number of hydrogen-bond donors (Lipinski definition) is 0. The summed E-state index contributed by atoms with van der Waals surface area (Å²) in [5.74, 6) is 0. The SMILES string of the molecule is CP(CCP(CCCP(CCP(CCCP(CCP(C)C(C)(C)C)C(C)(C)C)C(C)(C)C)C(C)(C)C)C(C)(C)C)C(C)(C)C. The highest BCUT2D eigenvalue weighted by Crippen LogP contribution is 2.60. The number of hydrogen-bond acceptors (Lipinski definition) is 0. The third kappa shape index (κ3) is 19.7. The smallest absolute Gasteiger partial charge is 0.0179 e. The van der Waals surface area contributed by atoms with Crippen LogP contribution in [0.15, 0.2) is 0 Å². The summed E-state index contributed by atoms with van der Waals surface area (Å²) in [5, 5.41) is 2.95. The van der Waals surface area contributed by atoms with Crippen LogP contribution in [-0.2, 0) is 0 Å². The van der Waals surface area contributed by atoms with Crippen molar-refractivity contribution in [2.75, 3.05) is 74.9 Å². The maximum Gasteiger partial charge on any atom is -0.0179 e. The third-order valence-corrected chi connectivity index (χ3v) is 31.3. The van der Waals surface area contributed by atoms with E-state index >= 15 is 0 Å². The predicted molar refractivity (Wildman–Crippen MR) is 230 cm³/mol. The average Bonchev–Trinajstić information content (AvgIpc) is 2.78. The molecule has 0 aliphatic carbocycles. The monoisotopic (exact) mass is 726 g/mol. The van der Waals surface area contributed by atoms with Crippen molar-refractivity contribution in [3.05, 3.63) is 0 Å². The number of rotatable bonds is 17. The molecule has 0 fully saturated rings. The van der Waals surface area contributed by atoms with Crippen molar-refractivity contribution in [3.63, 3.8) is 0 Å². The fourth-order valence-electron chi connectivity index (χ4n) is 5.49. The Labute approximate surface area is 289 Å². The van der Waals surface area contributed by atoms with Crippen LogP contribution in [0.25, 0.3) is 0 Å². The lowest BCUT2D eigenvalue weighted by Crippen LogP contribution is -2.23. The Morgan fingerprint density at radius 1 is 0.250 bits per heavy atom. The molecule has 0 aliphatic heterocycles. The molecular formula is C38H84P6. The van der Waals surface area contributed by atoms with Crippen LogP contribution in [0.4, 0.5) is 0 Å². The van der Waals surface area contributed by atoms with E-state index in [1.165, 1.54) is 74.5 Å². The summed E-state index contributed by atoms with van der Waals surface area (Å²) < 4.78 is 0. The van der Waals surface area contributed by atoms with Crippen LogP contribution in [0.5, 0.6) is 0 Å². The van der Waals surface area contributed by atoms with Gasteiger partial charge in [-0.2, -0.15) is 0 Å². The first-order chi connectivity index (χ1) is 19.5. The molecule has 0 saturated carbocycles. The second kappa shape index (κ2) is 19.3.